The fourth-order valence-electron chi connectivity index (χ4n) is 3.50. The van der Waals surface area contributed by atoms with Crippen LogP contribution in [-0.4, -0.2) is 48.8 Å². The molecule has 10 heteroatoms. The Hall–Kier alpha value is -2.69. The molecule has 4 rings (SSSR count). The van der Waals surface area contributed by atoms with E-state index in [1.807, 2.05) is 35.2 Å². The highest BCUT2D eigenvalue weighted by Crippen LogP contribution is 2.35. The minimum atomic E-state index is -4.74. The molecular formula is C21H20F3N3O3S. The fraction of sp³-hybridized carbons (Fsp3) is 0.286. The second-order valence-corrected chi connectivity index (χ2v) is 9.06. The van der Waals surface area contributed by atoms with Crippen LogP contribution < -0.4 is 0 Å². The monoisotopic (exact) mass is 451 g/mol. The van der Waals surface area contributed by atoms with Crippen LogP contribution in [0.1, 0.15) is 11.5 Å². The lowest BCUT2D eigenvalue weighted by atomic mass is 10.2. The number of sulfonamides is 1. The van der Waals surface area contributed by atoms with Gasteiger partial charge >= 0.3 is 6.18 Å². The average molecular weight is 451 g/mol. The number of rotatable bonds is 5. The lowest BCUT2D eigenvalue weighted by Gasteiger charge is -2.33. The van der Waals surface area contributed by atoms with E-state index in [1.165, 1.54) is 12.1 Å². The molecule has 0 atom stereocenters. The maximum atomic E-state index is 13.3. The second-order valence-electron chi connectivity index (χ2n) is 7.16. The van der Waals surface area contributed by atoms with Crippen molar-refractivity contribution in [3.63, 3.8) is 0 Å². The zero-order valence-corrected chi connectivity index (χ0v) is 17.2. The van der Waals surface area contributed by atoms with E-state index in [1.54, 1.807) is 6.20 Å². The Balaban J connectivity index is 1.42. The smallest absolute Gasteiger partial charge is 0.417 e. The molecule has 0 radical (unpaired) electrons. The van der Waals surface area contributed by atoms with Crippen molar-refractivity contribution in [1.82, 2.24) is 14.2 Å². The van der Waals surface area contributed by atoms with Crippen LogP contribution in [0, 0.1) is 0 Å². The van der Waals surface area contributed by atoms with E-state index in [0.29, 0.717) is 31.3 Å². The van der Waals surface area contributed by atoms with Crippen LogP contribution in [-0.2, 0) is 22.7 Å². The van der Waals surface area contributed by atoms with Gasteiger partial charge in [-0.1, -0.05) is 42.5 Å². The van der Waals surface area contributed by atoms with Crippen molar-refractivity contribution in [2.45, 2.75) is 17.6 Å². The summed E-state index contributed by atoms with van der Waals surface area (Å²) in [4.78, 5) is 5.52. The summed E-state index contributed by atoms with van der Waals surface area (Å²) in [6.45, 7) is 1.27. The number of hydrogen-bond acceptors (Lipinski definition) is 5. The average Bonchev–Trinajstić information content (AvgIpc) is 3.23. The Labute approximate surface area is 178 Å². The van der Waals surface area contributed by atoms with E-state index in [4.69, 9.17) is 4.42 Å². The molecule has 0 unspecified atom stereocenters. The van der Waals surface area contributed by atoms with Crippen LogP contribution in [0.25, 0.3) is 11.3 Å². The number of alkyl halides is 3. The van der Waals surface area contributed by atoms with Gasteiger partial charge in [-0.2, -0.15) is 17.5 Å². The third-order valence-electron chi connectivity index (χ3n) is 5.11. The number of hydrogen-bond donors (Lipinski definition) is 0. The maximum Gasteiger partial charge on any atom is 0.417 e. The van der Waals surface area contributed by atoms with Crippen molar-refractivity contribution in [1.29, 1.82) is 0 Å². The molecule has 0 aliphatic carbocycles. The highest BCUT2D eigenvalue weighted by molar-refractivity contribution is 7.89. The molecule has 1 saturated heterocycles. The zero-order valence-electron chi connectivity index (χ0n) is 16.4. The first-order chi connectivity index (χ1) is 14.7. The van der Waals surface area contributed by atoms with Crippen LogP contribution >= 0.6 is 0 Å². The molecule has 1 aliphatic heterocycles. The molecule has 0 N–H and O–H groups in total. The van der Waals surface area contributed by atoms with E-state index >= 15 is 0 Å². The Morgan fingerprint density at radius 3 is 2.26 bits per heavy atom. The fourth-order valence-corrected chi connectivity index (χ4v) is 5.14. The normalized spacial score (nSPS) is 16.5. The van der Waals surface area contributed by atoms with Crippen LogP contribution in [0.5, 0.6) is 0 Å². The molecule has 0 spiro atoms. The summed E-state index contributed by atoms with van der Waals surface area (Å²) >= 11 is 0. The van der Waals surface area contributed by atoms with Gasteiger partial charge < -0.3 is 4.42 Å². The zero-order chi connectivity index (χ0) is 22.1. The Morgan fingerprint density at radius 2 is 1.58 bits per heavy atom. The van der Waals surface area contributed by atoms with Crippen molar-refractivity contribution in [3.8, 4) is 11.3 Å². The van der Waals surface area contributed by atoms with E-state index in [0.717, 1.165) is 22.0 Å². The molecule has 6 nitrogen and oxygen atoms in total. The molecule has 0 bridgehead atoms. The molecule has 2 heterocycles. The predicted octanol–water partition coefficient (Wildman–Crippen LogP) is 3.87. The van der Waals surface area contributed by atoms with Crippen molar-refractivity contribution in [3.05, 3.63) is 72.2 Å². The summed E-state index contributed by atoms with van der Waals surface area (Å²) in [6, 6.07) is 13.8. The maximum absolute atomic E-state index is 13.3. The van der Waals surface area contributed by atoms with Crippen LogP contribution in [0.4, 0.5) is 13.2 Å². The van der Waals surface area contributed by atoms with E-state index in [2.05, 4.69) is 4.98 Å². The van der Waals surface area contributed by atoms with Gasteiger partial charge in [-0.15, -0.1) is 0 Å². The molecule has 2 aromatic carbocycles. The largest absolute Gasteiger partial charge is 0.439 e. The first-order valence-corrected chi connectivity index (χ1v) is 11.1. The Bertz CT molecular complexity index is 1140. The predicted molar refractivity (Wildman–Crippen MR) is 107 cm³/mol. The number of aromatic nitrogens is 1. The molecule has 0 saturated carbocycles. The van der Waals surface area contributed by atoms with E-state index in [9.17, 15) is 21.6 Å². The van der Waals surface area contributed by atoms with Gasteiger partial charge in [0.2, 0.25) is 15.9 Å². The first kappa shape index (κ1) is 21.5. The van der Waals surface area contributed by atoms with E-state index in [-0.39, 0.29) is 13.1 Å². The SMILES string of the molecule is O=S(=O)(c1ccccc1C(F)(F)F)N1CCN(Cc2ncc(-c3ccccc3)o2)CC1. The molecule has 0 amide bonds. The molecule has 31 heavy (non-hydrogen) atoms. The number of halogens is 3. The molecule has 164 valence electrons. The van der Waals surface area contributed by atoms with Crippen molar-refractivity contribution < 1.29 is 26.0 Å². The standard InChI is InChI=1S/C21H20F3N3O3S/c22-21(23,24)17-8-4-5-9-19(17)31(28,29)27-12-10-26(11-13-27)15-20-25-14-18(30-20)16-6-2-1-3-7-16/h1-9,14H,10-13,15H2. The lowest BCUT2D eigenvalue weighted by Crippen LogP contribution is -2.48. The van der Waals surface area contributed by atoms with Gasteiger partial charge in [-0.3, -0.25) is 4.90 Å². The van der Waals surface area contributed by atoms with Gasteiger partial charge in [0, 0.05) is 31.7 Å². The van der Waals surface area contributed by atoms with Crippen molar-refractivity contribution >= 4 is 10.0 Å². The van der Waals surface area contributed by atoms with Crippen molar-refractivity contribution in [2.75, 3.05) is 26.2 Å². The van der Waals surface area contributed by atoms with Gasteiger partial charge in [0.1, 0.15) is 0 Å². The summed E-state index contributed by atoms with van der Waals surface area (Å²) < 4.78 is 72.4. The topological polar surface area (TPSA) is 66.7 Å². The summed E-state index contributed by atoms with van der Waals surface area (Å²) in [7, 11) is -4.26. The number of piperazine rings is 1. The lowest BCUT2D eigenvalue weighted by molar-refractivity contribution is -0.139. The van der Waals surface area contributed by atoms with Crippen molar-refractivity contribution in [2.24, 2.45) is 0 Å². The molecule has 1 aliphatic rings. The molecule has 3 aromatic rings. The Kier molecular flexibility index (Phi) is 5.87. The van der Waals surface area contributed by atoms with Crippen LogP contribution in [0.3, 0.4) is 0 Å². The van der Waals surface area contributed by atoms with Gasteiger partial charge in [0.05, 0.1) is 23.2 Å². The van der Waals surface area contributed by atoms with Gasteiger partial charge in [-0.05, 0) is 12.1 Å². The summed E-state index contributed by atoms with van der Waals surface area (Å²) in [5, 5.41) is 0. The second kappa shape index (κ2) is 8.45. The van der Waals surface area contributed by atoms with Crippen LogP contribution in [0.2, 0.25) is 0 Å². The van der Waals surface area contributed by atoms with Gasteiger partial charge in [-0.25, -0.2) is 13.4 Å². The van der Waals surface area contributed by atoms with Gasteiger partial charge in [0.25, 0.3) is 0 Å². The Morgan fingerprint density at radius 1 is 0.935 bits per heavy atom. The van der Waals surface area contributed by atoms with Gasteiger partial charge in [0.15, 0.2) is 5.76 Å². The number of nitrogens with zero attached hydrogens (tertiary/aromatic N) is 3. The highest BCUT2D eigenvalue weighted by atomic mass is 32.2. The third-order valence-corrected chi connectivity index (χ3v) is 7.07. The molecule has 1 aromatic heterocycles. The quantitative estimate of drug-likeness (QED) is 0.589. The highest BCUT2D eigenvalue weighted by Gasteiger charge is 2.39. The molecular weight excluding hydrogens is 431 g/mol. The molecule has 1 fully saturated rings. The summed E-state index contributed by atoms with van der Waals surface area (Å²) in [5.41, 5.74) is -0.244. The minimum Gasteiger partial charge on any atom is -0.439 e. The number of oxazole rings is 1. The minimum absolute atomic E-state index is 0.0841. The first-order valence-electron chi connectivity index (χ1n) is 9.64. The summed E-state index contributed by atoms with van der Waals surface area (Å²) in [5.74, 6) is 1.14. The van der Waals surface area contributed by atoms with Crippen LogP contribution in [0.15, 0.2) is 70.1 Å². The van der Waals surface area contributed by atoms with E-state index < -0.39 is 26.7 Å². The number of benzene rings is 2. The third kappa shape index (κ3) is 4.65. The summed E-state index contributed by atoms with van der Waals surface area (Å²) in [6.07, 6.45) is -3.10.